The standard InChI is InChI=1S/C32H35ClFN9OS/c1-3-43(19(2)21-6-4-10-38-27(21)37)29-23(14-36)28(39-30(40-29)44-18-32-8-5-11-42(32)15-20(34)12-32)41-16-31(17-41)9-7-24-25(31)22(13-35)26(33)45-24/h4,6,10,19-20H,3,5,7-9,11-12,15-18H2,1-2H3,(H2,37,38)/t19-,20-,32+/m1/s1. The van der Waals surface area contributed by atoms with E-state index in [9.17, 15) is 14.9 Å². The fraction of sp³-hybridized carbons (Fsp3) is 0.531. The van der Waals surface area contributed by atoms with Gasteiger partial charge in [-0.15, -0.1) is 11.3 Å². The number of nitrogens with zero attached hydrogens (tertiary/aromatic N) is 8. The Hall–Kier alpha value is -3.71. The van der Waals surface area contributed by atoms with E-state index < -0.39 is 6.17 Å². The first kappa shape index (κ1) is 30.0. The molecule has 0 aromatic carbocycles. The third kappa shape index (κ3) is 4.77. The van der Waals surface area contributed by atoms with E-state index in [1.807, 2.05) is 30.9 Å². The summed E-state index contributed by atoms with van der Waals surface area (Å²) in [6.07, 6.45) is 4.88. The van der Waals surface area contributed by atoms with Crippen molar-refractivity contribution < 1.29 is 9.13 Å². The molecule has 13 heteroatoms. The maximum Gasteiger partial charge on any atom is 0.320 e. The smallest absolute Gasteiger partial charge is 0.320 e. The van der Waals surface area contributed by atoms with Crippen molar-refractivity contribution in [3.05, 3.63) is 49.8 Å². The van der Waals surface area contributed by atoms with Crippen LogP contribution in [0.25, 0.3) is 0 Å². The highest BCUT2D eigenvalue weighted by atomic mass is 35.5. The number of rotatable bonds is 8. The zero-order valence-electron chi connectivity index (χ0n) is 25.4. The summed E-state index contributed by atoms with van der Waals surface area (Å²) in [6.45, 7) is 7.32. The van der Waals surface area contributed by atoms with E-state index in [0.717, 1.165) is 43.4 Å². The molecule has 4 aliphatic rings. The van der Waals surface area contributed by atoms with Crippen molar-refractivity contribution in [1.29, 1.82) is 10.5 Å². The van der Waals surface area contributed by atoms with Gasteiger partial charge in [0.2, 0.25) is 0 Å². The van der Waals surface area contributed by atoms with Crippen LogP contribution in [0.4, 0.5) is 21.8 Å². The molecule has 3 fully saturated rings. The second-order valence-corrected chi connectivity index (χ2v) is 14.4. The fourth-order valence-electron chi connectivity index (χ4n) is 8.14. The van der Waals surface area contributed by atoms with Gasteiger partial charge in [-0.3, -0.25) is 4.90 Å². The average molecular weight is 648 g/mol. The monoisotopic (exact) mass is 647 g/mol. The van der Waals surface area contributed by atoms with E-state index in [0.29, 0.717) is 65.5 Å². The lowest BCUT2D eigenvalue weighted by Gasteiger charge is -2.49. The molecule has 7 rings (SSSR count). The Morgan fingerprint density at radius 3 is 2.80 bits per heavy atom. The van der Waals surface area contributed by atoms with Crippen LogP contribution < -0.4 is 20.3 Å². The summed E-state index contributed by atoms with van der Waals surface area (Å²) in [5.74, 6) is 1.37. The van der Waals surface area contributed by atoms with Crippen molar-refractivity contribution in [3.8, 4) is 18.1 Å². The van der Waals surface area contributed by atoms with Gasteiger partial charge in [0.05, 0.1) is 17.1 Å². The number of nitrogens with two attached hydrogens (primary N) is 1. The molecule has 10 nitrogen and oxygen atoms in total. The minimum atomic E-state index is -0.874. The number of nitrogen functional groups attached to an aromatic ring is 1. The molecule has 0 amide bonds. The number of nitriles is 2. The molecule has 0 radical (unpaired) electrons. The van der Waals surface area contributed by atoms with Gasteiger partial charge in [-0.05, 0) is 57.7 Å². The Balaban J connectivity index is 1.26. The molecule has 0 saturated carbocycles. The van der Waals surface area contributed by atoms with Gasteiger partial charge in [0.25, 0.3) is 0 Å². The van der Waals surface area contributed by atoms with E-state index in [1.54, 1.807) is 6.20 Å². The first-order chi connectivity index (χ1) is 21.7. The van der Waals surface area contributed by atoms with Crippen molar-refractivity contribution in [1.82, 2.24) is 19.9 Å². The first-order valence-corrected chi connectivity index (χ1v) is 16.7. The van der Waals surface area contributed by atoms with E-state index in [2.05, 4.69) is 26.9 Å². The number of alkyl halides is 1. The summed E-state index contributed by atoms with van der Waals surface area (Å²) in [6, 6.07) is 8.41. The molecule has 3 saturated heterocycles. The number of aryl methyl sites for hydroxylation is 1. The molecule has 1 aliphatic carbocycles. The van der Waals surface area contributed by atoms with Crippen LogP contribution in [0.1, 0.15) is 72.7 Å². The summed E-state index contributed by atoms with van der Waals surface area (Å²) in [5.41, 5.74) is 8.49. The molecule has 234 valence electrons. The number of hydrogen-bond donors (Lipinski definition) is 1. The first-order valence-electron chi connectivity index (χ1n) is 15.5. The molecule has 3 aliphatic heterocycles. The van der Waals surface area contributed by atoms with Crippen LogP contribution in [-0.2, 0) is 11.8 Å². The Morgan fingerprint density at radius 1 is 1.27 bits per heavy atom. The summed E-state index contributed by atoms with van der Waals surface area (Å²) < 4.78 is 21.4. The van der Waals surface area contributed by atoms with Crippen LogP contribution in [0.3, 0.4) is 0 Å². The quantitative estimate of drug-likeness (QED) is 0.350. The topological polar surface area (TPSA) is 131 Å². The fourth-order valence-corrected chi connectivity index (χ4v) is 9.64. The molecule has 0 unspecified atom stereocenters. The van der Waals surface area contributed by atoms with Crippen molar-refractivity contribution in [2.45, 2.75) is 69.1 Å². The lowest BCUT2D eigenvalue weighted by Crippen LogP contribution is -2.59. The summed E-state index contributed by atoms with van der Waals surface area (Å²) in [5, 5.41) is 20.5. The molecular formula is C32H35ClFN9OS. The van der Waals surface area contributed by atoms with Crippen LogP contribution in [0.2, 0.25) is 4.34 Å². The number of halogens is 2. The van der Waals surface area contributed by atoms with E-state index >= 15 is 0 Å². The van der Waals surface area contributed by atoms with Crippen molar-refractivity contribution in [3.63, 3.8) is 0 Å². The molecule has 0 bridgehead atoms. The van der Waals surface area contributed by atoms with Gasteiger partial charge >= 0.3 is 6.01 Å². The largest absolute Gasteiger partial charge is 0.461 e. The Bertz CT molecular complexity index is 1730. The number of ether oxygens (including phenoxy) is 1. The van der Waals surface area contributed by atoms with Gasteiger partial charge in [-0.2, -0.15) is 20.5 Å². The number of thiophene rings is 1. The number of pyridine rings is 1. The molecule has 2 N–H and O–H groups in total. The Labute approximate surface area is 271 Å². The second kappa shape index (κ2) is 11.3. The van der Waals surface area contributed by atoms with E-state index in [1.165, 1.54) is 16.2 Å². The number of hydrogen-bond acceptors (Lipinski definition) is 11. The zero-order valence-corrected chi connectivity index (χ0v) is 27.0. The molecular weight excluding hydrogens is 613 g/mol. The van der Waals surface area contributed by atoms with Gasteiger partial charge in [-0.25, -0.2) is 9.37 Å². The zero-order chi connectivity index (χ0) is 31.5. The number of fused-ring (bicyclic) bond motifs is 3. The SMILES string of the molecule is CCN(c1nc(OC[C@@]23CCCN2C[C@H](F)C3)nc(N2CC3(CCc4sc(Cl)c(C#N)c43)C2)c1C#N)[C@H](C)c1cccnc1N. The maximum absolute atomic E-state index is 14.5. The van der Waals surface area contributed by atoms with Gasteiger partial charge in [0.15, 0.2) is 11.6 Å². The molecule has 3 atom stereocenters. The van der Waals surface area contributed by atoms with Gasteiger partial charge in [0.1, 0.15) is 40.6 Å². The minimum Gasteiger partial charge on any atom is -0.461 e. The third-order valence-electron chi connectivity index (χ3n) is 10.3. The lowest BCUT2D eigenvalue weighted by atomic mass is 9.74. The number of aromatic nitrogens is 3. The second-order valence-electron chi connectivity index (χ2n) is 12.7. The van der Waals surface area contributed by atoms with Crippen LogP contribution in [0.15, 0.2) is 18.3 Å². The Kier molecular flexibility index (Phi) is 7.51. The molecule has 3 aromatic heterocycles. The maximum atomic E-state index is 14.5. The van der Waals surface area contributed by atoms with Crippen LogP contribution in [0, 0.1) is 22.7 Å². The van der Waals surface area contributed by atoms with Crippen LogP contribution in [-0.4, -0.2) is 70.9 Å². The van der Waals surface area contributed by atoms with Crippen LogP contribution >= 0.6 is 22.9 Å². The highest BCUT2D eigenvalue weighted by Gasteiger charge is 2.53. The van der Waals surface area contributed by atoms with E-state index in [-0.39, 0.29) is 29.6 Å². The molecule has 45 heavy (non-hydrogen) atoms. The van der Waals surface area contributed by atoms with Crippen molar-refractivity contribution in [2.24, 2.45) is 0 Å². The average Bonchev–Trinajstić information content (AvgIpc) is 3.73. The normalized spacial score (nSPS) is 23.7. The van der Waals surface area contributed by atoms with Crippen LogP contribution in [0.5, 0.6) is 6.01 Å². The minimum absolute atomic E-state index is 0.164. The van der Waals surface area contributed by atoms with Crippen molar-refractivity contribution in [2.75, 3.05) is 54.9 Å². The predicted molar refractivity (Wildman–Crippen MR) is 172 cm³/mol. The Morgan fingerprint density at radius 2 is 2.07 bits per heavy atom. The predicted octanol–water partition coefficient (Wildman–Crippen LogP) is 5.16. The molecule has 6 heterocycles. The third-order valence-corrected chi connectivity index (χ3v) is 11.8. The lowest BCUT2D eigenvalue weighted by molar-refractivity contribution is 0.107. The van der Waals surface area contributed by atoms with Gasteiger partial charge < -0.3 is 20.3 Å². The number of anilines is 3. The van der Waals surface area contributed by atoms with Gasteiger partial charge in [0, 0.05) is 54.7 Å². The highest BCUT2D eigenvalue weighted by Crippen LogP contribution is 2.53. The highest BCUT2D eigenvalue weighted by molar-refractivity contribution is 7.16. The van der Waals surface area contributed by atoms with Crippen molar-refractivity contribution >= 4 is 40.4 Å². The van der Waals surface area contributed by atoms with E-state index in [4.69, 9.17) is 32.0 Å². The summed E-state index contributed by atoms with van der Waals surface area (Å²) in [7, 11) is 0. The van der Waals surface area contributed by atoms with Gasteiger partial charge in [-0.1, -0.05) is 17.7 Å². The summed E-state index contributed by atoms with van der Waals surface area (Å²) in [4.78, 5) is 21.5. The molecule has 3 aromatic rings. The molecule has 1 spiro atoms. The summed E-state index contributed by atoms with van der Waals surface area (Å²) >= 11 is 7.95.